The molecule has 150 valence electrons. The number of hydrogen-bond donors (Lipinski definition) is 3. The Morgan fingerprint density at radius 2 is 2.00 bits per heavy atom. The molecule has 1 aromatic rings. The maximum absolute atomic E-state index is 11.8. The van der Waals surface area contributed by atoms with Crippen molar-refractivity contribution in [2.45, 2.75) is 33.6 Å². The van der Waals surface area contributed by atoms with Gasteiger partial charge in [0, 0.05) is 39.4 Å². The Labute approximate surface area is 178 Å². The minimum atomic E-state index is -0.00888. The van der Waals surface area contributed by atoms with Crippen LogP contribution >= 0.6 is 35.3 Å². The molecule has 0 radical (unpaired) electrons. The van der Waals surface area contributed by atoms with E-state index >= 15 is 0 Å². The van der Waals surface area contributed by atoms with Gasteiger partial charge in [-0.3, -0.25) is 9.79 Å². The lowest BCUT2D eigenvalue weighted by Crippen LogP contribution is -2.38. The van der Waals surface area contributed by atoms with E-state index in [9.17, 15) is 4.79 Å². The van der Waals surface area contributed by atoms with Crippen LogP contribution in [-0.4, -0.2) is 51.3 Å². The number of aliphatic imine (C=N–C) groups is 1. The first-order chi connectivity index (χ1) is 12.1. The van der Waals surface area contributed by atoms with Gasteiger partial charge in [0.2, 0.25) is 0 Å². The van der Waals surface area contributed by atoms with Crippen molar-refractivity contribution in [1.82, 2.24) is 16.0 Å². The summed E-state index contributed by atoms with van der Waals surface area (Å²) in [5, 5.41) is 11.3. The Balaban J connectivity index is 0.00000625. The standard InChI is InChI=1S/C18H32N4O2S.HI/c1-4-19-18(22-11-7-12-24-14-15(2)3)21-10-6-9-20-17(23)16-8-5-13-25-16;/h5,8,13,15H,4,6-7,9-12,14H2,1-3H3,(H,20,23)(H2,19,21,22);1H. The molecule has 1 heterocycles. The van der Waals surface area contributed by atoms with Gasteiger partial charge in [-0.2, -0.15) is 0 Å². The molecule has 0 aliphatic rings. The summed E-state index contributed by atoms with van der Waals surface area (Å²) >= 11 is 1.45. The third-order valence-corrected chi connectivity index (χ3v) is 4.06. The van der Waals surface area contributed by atoms with Gasteiger partial charge >= 0.3 is 0 Å². The number of rotatable bonds is 12. The van der Waals surface area contributed by atoms with Gasteiger partial charge in [0.25, 0.3) is 5.91 Å². The van der Waals surface area contributed by atoms with Crippen LogP contribution in [0.5, 0.6) is 0 Å². The lowest BCUT2D eigenvalue weighted by molar-refractivity contribution is 0.0957. The second-order valence-electron chi connectivity index (χ2n) is 6.10. The largest absolute Gasteiger partial charge is 0.381 e. The Kier molecular flexibility index (Phi) is 15.8. The Morgan fingerprint density at radius 1 is 1.23 bits per heavy atom. The van der Waals surface area contributed by atoms with Crippen LogP contribution in [0.15, 0.2) is 22.5 Å². The first-order valence-corrected chi connectivity index (χ1v) is 9.93. The molecule has 3 N–H and O–H groups in total. The zero-order valence-electron chi connectivity index (χ0n) is 16.0. The fourth-order valence-electron chi connectivity index (χ4n) is 2.01. The van der Waals surface area contributed by atoms with Crippen LogP contribution in [0, 0.1) is 5.92 Å². The van der Waals surface area contributed by atoms with Gasteiger partial charge in [-0.15, -0.1) is 35.3 Å². The number of halogens is 1. The van der Waals surface area contributed by atoms with Gasteiger partial charge in [0.1, 0.15) is 0 Å². The SMILES string of the molecule is CCNC(=NCCCNC(=O)c1cccs1)NCCCOCC(C)C.I. The van der Waals surface area contributed by atoms with Crippen molar-refractivity contribution in [2.24, 2.45) is 10.9 Å². The molecule has 0 saturated carbocycles. The van der Waals surface area contributed by atoms with Gasteiger partial charge in [0.15, 0.2) is 5.96 Å². The summed E-state index contributed by atoms with van der Waals surface area (Å²) in [6, 6.07) is 3.71. The van der Waals surface area contributed by atoms with E-state index in [0.717, 1.165) is 50.0 Å². The fourth-order valence-corrected chi connectivity index (χ4v) is 2.65. The summed E-state index contributed by atoms with van der Waals surface area (Å²) < 4.78 is 5.56. The first-order valence-electron chi connectivity index (χ1n) is 9.05. The molecule has 0 aliphatic carbocycles. The molecule has 0 aliphatic heterocycles. The molecule has 1 aromatic heterocycles. The van der Waals surface area contributed by atoms with E-state index in [1.807, 2.05) is 24.4 Å². The quantitative estimate of drug-likeness (QED) is 0.180. The number of hydrogen-bond acceptors (Lipinski definition) is 4. The Morgan fingerprint density at radius 3 is 2.65 bits per heavy atom. The minimum Gasteiger partial charge on any atom is -0.381 e. The third-order valence-electron chi connectivity index (χ3n) is 3.19. The smallest absolute Gasteiger partial charge is 0.261 e. The molecule has 0 spiro atoms. The van der Waals surface area contributed by atoms with Gasteiger partial charge in [0.05, 0.1) is 4.88 Å². The Bertz CT molecular complexity index is 495. The molecule has 26 heavy (non-hydrogen) atoms. The summed E-state index contributed by atoms with van der Waals surface area (Å²) in [6.07, 6.45) is 1.76. The van der Waals surface area contributed by atoms with Crippen LogP contribution in [0.2, 0.25) is 0 Å². The molecule has 1 rings (SSSR count). The maximum Gasteiger partial charge on any atom is 0.261 e. The highest BCUT2D eigenvalue weighted by Crippen LogP contribution is 2.07. The van der Waals surface area contributed by atoms with Crippen molar-refractivity contribution in [1.29, 1.82) is 0 Å². The molecule has 0 saturated heterocycles. The molecule has 0 aromatic carbocycles. The van der Waals surface area contributed by atoms with Gasteiger partial charge < -0.3 is 20.7 Å². The lowest BCUT2D eigenvalue weighted by atomic mass is 10.2. The van der Waals surface area contributed by atoms with Gasteiger partial charge in [-0.25, -0.2) is 0 Å². The van der Waals surface area contributed by atoms with Crippen LogP contribution in [0.25, 0.3) is 0 Å². The highest BCUT2D eigenvalue weighted by Gasteiger charge is 2.04. The van der Waals surface area contributed by atoms with Crippen LogP contribution in [0.4, 0.5) is 0 Å². The van der Waals surface area contributed by atoms with Crippen molar-refractivity contribution in [3.63, 3.8) is 0 Å². The van der Waals surface area contributed by atoms with E-state index < -0.39 is 0 Å². The average Bonchev–Trinajstić information content (AvgIpc) is 3.11. The van der Waals surface area contributed by atoms with Crippen LogP contribution in [0.3, 0.4) is 0 Å². The molecular formula is C18H33IN4O2S. The molecule has 6 nitrogen and oxygen atoms in total. The maximum atomic E-state index is 11.8. The van der Waals surface area contributed by atoms with Gasteiger partial charge in [-0.05, 0) is 37.1 Å². The molecule has 1 amide bonds. The number of nitrogens with one attached hydrogen (secondary N) is 3. The van der Waals surface area contributed by atoms with E-state index in [4.69, 9.17) is 4.74 Å². The summed E-state index contributed by atoms with van der Waals surface area (Å²) in [4.78, 5) is 17.1. The number of carbonyl (C=O) groups excluding carboxylic acids is 1. The number of ether oxygens (including phenoxy) is 1. The van der Waals surface area contributed by atoms with Crippen LogP contribution in [-0.2, 0) is 4.74 Å². The van der Waals surface area contributed by atoms with Crippen molar-refractivity contribution in [3.05, 3.63) is 22.4 Å². The van der Waals surface area contributed by atoms with Crippen molar-refractivity contribution in [3.8, 4) is 0 Å². The van der Waals surface area contributed by atoms with Crippen molar-refractivity contribution < 1.29 is 9.53 Å². The fraction of sp³-hybridized carbons (Fsp3) is 0.667. The zero-order valence-corrected chi connectivity index (χ0v) is 19.2. The van der Waals surface area contributed by atoms with Gasteiger partial charge in [-0.1, -0.05) is 19.9 Å². The minimum absolute atomic E-state index is 0. The topological polar surface area (TPSA) is 74.8 Å². The molecule has 0 atom stereocenters. The summed E-state index contributed by atoms with van der Waals surface area (Å²) in [6.45, 7) is 10.9. The summed E-state index contributed by atoms with van der Waals surface area (Å²) in [5.41, 5.74) is 0. The summed E-state index contributed by atoms with van der Waals surface area (Å²) in [7, 11) is 0. The third kappa shape index (κ3) is 12.5. The van der Waals surface area contributed by atoms with Crippen LogP contribution in [0.1, 0.15) is 43.3 Å². The Hall–Kier alpha value is -0.870. The zero-order chi connectivity index (χ0) is 18.3. The normalized spacial score (nSPS) is 11.2. The first kappa shape index (κ1) is 25.1. The molecule has 0 fully saturated rings. The van der Waals surface area contributed by atoms with E-state index in [-0.39, 0.29) is 29.9 Å². The van der Waals surface area contributed by atoms with E-state index in [0.29, 0.717) is 19.0 Å². The van der Waals surface area contributed by atoms with Crippen molar-refractivity contribution >= 4 is 47.2 Å². The van der Waals surface area contributed by atoms with E-state index in [2.05, 4.69) is 34.8 Å². The molecule has 0 bridgehead atoms. The molecule has 0 unspecified atom stereocenters. The van der Waals surface area contributed by atoms with Crippen molar-refractivity contribution in [2.75, 3.05) is 39.4 Å². The number of carbonyl (C=O) groups is 1. The lowest BCUT2D eigenvalue weighted by Gasteiger charge is -2.12. The second kappa shape index (κ2) is 16.3. The number of guanidine groups is 1. The molecule has 8 heteroatoms. The average molecular weight is 496 g/mol. The second-order valence-corrected chi connectivity index (χ2v) is 7.04. The monoisotopic (exact) mass is 496 g/mol. The van der Waals surface area contributed by atoms with Crippen LogP contribution < -0.4 is 16.0 Å². The van der Waals surface area contributed by atoms with E-state index in [1.165, 1.54) is 11.3 Å². The number of nitrogens with zero attached hydrogens (tertiary/aromatic N) is 1. The summed E-state index contributed by atoms with van der Waals surface area (Å²) in [5.74, 6) is 1.38. The molecular weight excluding hydrogens is 463 g/mol. The number of amides is 1. The van der Waals surface area contributed by atoms with E-state index in [1.54, 1.807) is 0 Å². The number of thiophene rings is 1. The predicted octanol–water partition coefficient (Wildman–Crippen LogP) is 3.10. The predicted molar refractivity (Wildman–Crippen MR) is 121 cm³/mol. The highest BCUT2D eigenvalue weighted by molar-refractivity contribution is 14.0. The highest BCUT2D eigenvalue weighted by atomic mass is 127.